The summed E-state index contributed by atoms with van der Waals surface area (Å²) < 4.78 is 0. The maximum absolute atomic E-state index is 5.79. The van der Waals surface area contributed by atoms with Crippen LogP contribution in [-0.4, -0.2) is 18.1 Å². The fourth-order valence-corrected chi connectivity index (χ4v) is 1.86. The van der Waals surface area contributed by atoms with Gasteiger partial charge in [0.25, 0.3) is 0 Å². The van der Waals surface area contributed by atoms with E-state index < -0.39 is 0 Å². The molecule has 0 saturated carbocycles. The van der Waals surface area contributed by atoms with E-state index in [0.29, 0.717) is 0 Å². The predicted octanol–water partition coefficient (Wildman–Crippen LogP) is 2.67. The minimum absolute atomic E-state index is 0.195. The monoisotopic (exact) mass is 200 g/mol. The standard InChI is InChI=1S/C12H28N2/c1-5-6-7-8-9-14-12(3,4)10-11(2)13/h11,14H,5-10,13H2,1-4H3. The van der Waals surface area contributed by atoms with Crippen LogP contribution in [0.5, 0.6) is 0 Å². The van der Waals surface area contributed by atoms with Gasteiger partial charge in [0.15, 0.2) is 0 Å². The fraction of sp³-hybridized carbons (Fsp3) is 1.00. The zero-order valence-electron chi connectivity index (χ0n) is 10.4. The summed E-state index contributed by atoms with van der Waals surface area (Å²) in [5.41, 5.74) is 5.99. The lowest BCUT2D eigenvalue weighted by Gasteiger charge is -2.28. The molecule has 0 aromatic rings. The molecule has 1 unspecified atom stereocenters. The van der Waals surface area contributed by atoms with Crippen molar-refractivity contribution in [2.24, 2.45) is 5.73 Å². The van der Waals surface area contributed by atoms with E-state index in [2.05, 4.69) is 33.0 Å². The van der Waals surface area contributed by atoms with E-state index in [0.717, 1.165) is 13.0 Å². The molecule has 2 nitrogen and oxygen atoms in total. The number of hydrogen-bond acceptors (Lipinski definition) is 2. The summed E-state index contributed by atoms with van der Waals surface area (Å²) in [6.45, 7) is 9.90. The van der Waals surface area contributed by atoms with E-state index in [-0.39, 0.29) is 11.6 Å². The van der Waals surface area contributed by atoms with E-state index in [1.165, 1.54) is 25.7 Å². The summed E-state index contributed by atoms with van der Waals surface area (Å²) in [6, 6.07) is 0.285. The Hall–Kier alpha value is -0.0800. The normalized spacial score (nSPS) is 14.4. The van der Waals surface area contributed by atoms with Crippen LogP contribution in [0.3, 0.4) is 0 Å². The Labute approximate surface area is 89.6 Å². The molecule has 0 rings (SSSR count). The van der Waals surface area contributed by atoms with Crippen molar-refractivity contribution < 1.29 is 0 Å². The molecule has 0 fully saturated rings. The van der Waals surface area contributed by atoms with Gasteiger partial charge in [-0.05, 0) is 40.2 Å². The van der Waals surface area contributed by atoms with Gasteiger partial charge in [-0.1, -0.05) is 26.2 Å². The summed E-state index contributed by atoms with van der Waals surface area (Å²) in [4.78, 5) is 0. The molecule has 0 aliphatic rings. The third kappa shape index (κ3) is 8.52. The molecule has 0 saturated heterocycles. The lowest BCUT2D eigenvalue weighted by molar-refractivity contribution is 0.337. The van der Waals surface area contributed by atoms with Crippen molar-refractivity contribution in [1.82, 2.24) is 5.32 Å². The Bertz CT molecular complexity index is 130. The van der Waals surface area contributed by atoms with Crippen molar-refractivity contribution in [3.8, 4) is 0 Å². The van der Waals surface area contributed by atoms with Crippen LogP contribution in [0.2, 0.25) is 0 Å². The molecule has 2 heteroatoms. The molecule has 14 heavy (non-hydrogen) atoms. The topological polar surface area (TPSA) is 38.0 Å². The van der Waals surface area contributed by atoms with Crippen LogP contribution in [0.15, 0.2) is 0 Å². The van der Waals surface area contributed by atoms with Crippen LogP contribution >= 0.6 is 0 Å². The van der Waals surface area contributed by atoms with Crippen molar-refractivity contribution in [3.63, 3.8) is 0 Å². The van der Waals surface area contributed by atoms with Crippen LogP contribution in [0.25, 0.3) is 0 Å². The maximum Gasteiger partial charge on any atom is 0.0139 e. The highest BCUT2D eigenvalue weighted by Crippen LogP contribution is 2.10. The van der Waals surface area contributed by atoms with E-state index in [9.17, 15) is 0 Å². The van der Waals surface area contributed by atoms with E-state index in [1.807, 2.05) is 0 Å². The molecule has 0 heterocycles. The summed E-state index contributed by atoms with van der Waals surface area (Å²) in [5.74, 6) is 0. The molecule has 86 valence electrons. The van der Waals surface area contributed by atoms with Gasteiger partial charge in [-0.25, -0.2) is 0 Å². The number of rotatable bonds is 8. The number of unbranched alkanes of at least 4 members (excludes halogenated alkanes) is 3. The highest BCUT2D eigenvalue weighted by atomic mass is 15.0. The SMILES string of the molecule is CCCCCCNC(C)(C)CC(C)N. The van der Waals surface area contributed by atoms with Crippen LogP contribution < -0.4 is 11.1 Å². The Morgan fingerprint density at radius 1 is 1.21 bits per heavy atom. The molecular formula is C12H28N2. The van der Waals surface area contributed by atoms with Crippen molar-refractivity contribution in [1.29, 1.82) is 0 Å². The summed E-state index contributed by atoms with van der Waals surface area (Å²) >= 11 is 0. The van der Waals surface area contributed by atoms with Crippen LogP contribution in [0, 0.1) is 0 Å². The van der Waals surface area contributed by atoms with Crippen molar-refractivity contribution in [2.75, 3.05) is 6.54 Å². The van der Waals surface area contributed by atoms with Crippen molar-refractivity contribution in [2.45, 2.75) is 71.4 Å². The molecular weight excluding hydrogens is 172 g/mol. The zero-order chi connectivity index (χ0) is 11.0. The minimum atomic E-state index is 0.195. The molecule has 0 aliphatic carbocycles. The van der Waals surface area contributed by atoms with Crippen molar-refractivity contribution >= 4 is 0 Å². The molecule has 0 aromatic carbocycles. The summed E-state index contributed by atoms with van der Waals surface area (Å²) in [6.07, 6.45) is 6.34. The summed E-state index contributed by atoms with van der Waals surface area (Å²) in [7, 11) is 0. The van der Waals surface area contributed by atoms with Gasteiger partial charge in [-0.15, -0.1) is 0 Å². The molecule has 1 atom stereocenters. The van der Waals surface area contributed by atoms with Crippen LogP contribution in [0.1, 0.15) is 59.8 Å². The smallest absolute Gasteiger partial charge is 0.0139 e. The van der Waals surface area contributed by atoms with Gasteiger partial charge in [-0.2, -0.15) is 0 Å². The van der Waals surface area contributed by atoms with E-state index in [4.69, 9.17) is 5.73 Å². The number of hydrogen-bond donors (Lipinski definition) is 2. The van der Waals surface area contributed by atoms with E-state index in [1.54, 1.807) is 0 Å². The molecule has 0 amide bonds. The minimum Gasteiger partial charge on any atom is -0.328 e. The van der Waals surface area contributed by atoms with Gasteiger partial charge >= 0.3 is 0 Å². The fourth-order valence-electron chi connectivity index (χ4n) is 1.86. The zero-order valence-corrected chi connectivity index (χ0v) is 10.4. The Morgan fingerprint density at radius 2 is 1.86 bits per heavy atom. The van der Waals surface area contributed by atoms with Gasteiger partial charge in [0.2, 0.25) is 0 Å². The van der Waals surface area contributed by atoms with Gasteiger partial charge in [0.1, 0.15) is 0 Å². The van der Waals surface area contributed by atoms with Crippen LogP contribution in [0.4, 0.5) is 0 Å². The molecule has 0 radical (unpaired) electrons. The van der Waals surface area contributed by atoms with E-state index >= 15 is 0 Å². The predicted molar refractivity (Wildman–Crippen MR) is 64.5 cm³/mol. The molecule has 0 aromatic heterocycles. The molecule has 0 bridgehead atoms. The summed E-state index contributed by atoms with van der Waals surface area (Å²) in [5, 5.41) is 3.57. The van der Waals surface area contributed by atoms with Gasteiger partial charge in [0.05, 0.1) is 0 Å². The second-order valence-electron chi connectivity index (χ2n) is 5.05. The Balaban J connectivity index is 3.45. The van der Waals surface area contributed by atoms with Crippen LogP contribution in [-0.2, 0) is 0 Å². The average Bonchev–Trinajstić information content (AvgIpc) is 2.01. The third-order valence-corrected chi connectivity index (χ3v) is 2.47. The molecule has 3 N–H and O–H groups in total. The Morgan fingerprint density at radius 3 is 2.36 bits per heavy atom. The molecule has 0 spiro atoms. The first-order valence-electron chi connectivity index (χ1n) is 5.98. The number of nitrogens with two attached hydrogens (primary N) is 1. The first kappa shape index (κ1) is 13.9. The largest absolute Gasteiger partial charge is 0.328 e. The Kier molecular flexibility index (Phi) is 7.20. The highest BCUT2D eigenvalue weighted by Gasteiger charge is 2.17. The maximum atomic E-state index is 5.79. The lowest BCUT2D eigenvalue weighted by atomic mass is 9.96. The highest BCUT2D eigenvalue weighted by molar-refractivity contribution is 4.80. The second kappa shape index (κ2) is 7.24. The first-order chi connectivity index (χ1) is 6.48. The second-order valence-corrected chi connectivity index (χ2v) is 5.05. The van der Waals surface area contributed by atoms with Gasteiger partial charge in [0, 0.05) is 11.6 Å². The molecule has 0 aliphatic heterocycles. The van der Waals surface area contributed by atoms with Crippen molar-refractivity contribution in [3.05, 3.63) is 0 Å². The first-order valence-corrected chi connectivity index (χ1v) is 5.98. The number of nitrogens with one attached hydrogen (secondary N) is 1. The third-order valence-electron chi connectivity index (χ3n) is 2.47. The lowest BCUT2D eigenvalue weighted by Crippen LogP contribution is -2.43. The van der Waals surface area contributed by atoms with Gasteiger partial charge < -0.3 is 11.1 Å². The quantitative estimate of drug-likeness (QED) is 0.591. The van der Waals surface area contributed by atoms with Gasteiger partial charge in [-0.3, -0.25) is 0 Å². The average molecular weight is 200 g/mol.